The van der Waals surface area contributed by atoms with Gasteiger partial charge in [-0.3, -0.25) is 0 Å². The van der Waals surface area contributed by atoms with E-state index in [-0.39, 0.29) is 0 Å². The molecule has 1 heteroatoms. The molecule has 6 aromatic rings. The number of aromatic nitrogens is 1. The average Bonchev–Trinajstić information content (AvgIpc) is 2.96. The van der Waals surface area contributed by atoms with Crippen LogP contribution in [-0.2, 0) is 0 Å². The molecule has 0 aliphatic carbocycles. The van der Waals surface area contributed by atoms with Gasteiger partial charge in [0.2, 0.25) is 0 Å². The average molecular weight is 291 g/mol. The molecule has 0 fully saturated rings. The first-order valence-corrected chi connectivity index (χ1v) is 7.96. The fourth-order valence-electron chi connectivity index (χ4n) is 4.07. The maximum absolute atomic E-state index is 3.60. The summed E-state index contributed by atoms with van der Waals surface area (Å²) in [6.45, 7) is 0. The number of benzene rings is 5. The van der Waals surface area contributed by atoms with E-state index in [9.17, 15) is 0 Å². The second kappa shape index (κ2) is 3.82. The zero-order valence-corrected chi connectivity index (χ0v) is 12.4. The van der Waals surface area contributed by atoms with Crippen LogP contribution in [0.15, 0.2) is 72.8 Å². The van der Waals surface area contributed by atoms with E-state index in [2.05, 4.69) is 77.8 Å². The van der Waals surface area contributed by atoms with Crippen LogP contribution >= 0.6 is 0 Å². The summed E-state index contributed by atoms with van der Waals surface area (Å²) in [7, 11) is 0. The van der Waals surface area contributed by atoms with Crippen molar-refractivity contribution in [1.82, 2.24) is 4.98 Å². The van der Waals surface area contributed by atoms with E-state index in [0.29, 0.717) is 0 Å². The maximum atomic E-state index is 3.60. The van der Waals surface area contributed by atoms with Gasteiger partial charge in [-0.05, 0) is 56.6 Å². The lowest BCUT2D eigenvalue weighted by molar-refractivity contribution is 1.56. The number of hydrogen-bond donors (Lipinski definition) is 1. The highest BCUT2D eigenvalue weighted by Gasteiger charge is 2.13. The molecule has 23 heavy (non-hydrogen) atoms. The van der Waals surface area contributed by atoms with Crippen molar-refractivity contribution in [2.45, 2.75) is 0 Å². The van der Waals surface area contributed by atoms with Crippen LogP contribution in [0.5, 0.6) is 0 Å². The fourth-order valence-corrected chi connectivity index (χ4v) is 4.07. The Morgan fingerprint density at radius 3 is 2.22 bits per heavy atom. The van der Waals surface area contributed by atoms with Gasteiger partial charge in [-0.2, -0.15) is 0 Å². The first kappa shape index (κ1) is 11.5. The first-order chi connectivity index (χ1) is 11.4. The Kier molecular flexibility index (Phi) is 1.91. The summed E-state index contributed by atoms with van der Waals surface area (Å²) in [5, 5.41) is 10.6. The van der Waals surface area contributed by atoms with Crippen LogP contribution in [0.25, 0.3) is 54.1 Å². The van der Waals surface area contributed by atoms with Crippen molar-refractivity contribution in [2.75, 3.05) is 0 Å². The van der Waals surface area contributed by atoms with Gasteiger partial charge in [0, 0.05) is 21.8 Å². The Hall–Kier alpha value is -3.06. The van der Waals surface area contributed by atoms with E-state index in [1.165, 1.54) is 54.1 Å². The van der Waals surface area contributed by atoms with E-state index in [4.69, 9.17) is 0 Å². The lowest BCUT2D eigenvalue weighted by atomic mass is 9.95. The highest BCUT2D eigenvalue weighted by atomic mass is 14.7. The van der Waals surface area contributed by atoms with Gasteiger partial charge in [-0.25, -0.2) is 0 Å². The van der Waals surface area contributed by atoms with E-state index < -0.39 is 0 Å². The van der Waals surface area contributed by atoms with Crippen molar-refractivity contribution in [3.8, 4) is 0 Å². The minimum Gasteiger partial charge on any atom is -0.354 e. The second-order valence-electron chi connectivity index (χ2n) is 6.36. The number of fused-ring (bicyclic) bond motifs is 3. The minimum atomic E-state index is 1.22. The molecule has 106 valence electrons. The monoisotopic (exact) mass is 291 g/mol. The van der Waals surface area contributed by atoms with Crippen LogP contribution in [0.2, 0.25) is 0 Å². The number of rotatable bonds is 0. The second-order valence-corrected chi connectivity index (χ2v) is 6.36. The van der Waals surface area contributed by atoms with Crippen LogP contribution in [0.1, 0.15) is 0 Å². The third kappa shape index (κ3) is 1.37. The van der Waals surface area contributed by atoms with Crippen molar-refractivity contribution in [2.24, 2.45) is 0 Å². The number of H-pyrrole nitrogens is 1. The van der Waals surface area contributed by atoms with Crippen molar-refractivity contribution in [3.63, 3.8) is 0 Å². The van der Waals surface area contributed by atoms with Gasteiger partial charge in [0.05, 0.1) is 0 Å². The molecule has 0 unspecified atom stereocenters. The molecule has 6 rings (SSSR count). The summed E-state index contributed by atoms with van der Waals surface area (Å²) < 4.78 is 0. The normalized spacial score (nSPS) is 12.3. The van der Waals surface area contributed by atoms with Crippen molar-refractivity contribution in [3.05, 3.63) is 72.8 Å². The molecule has 1 heterocycles. The van der Waals surface area contributed by atoms with E-state index >= 15 is 0 Å². The molecule has 0 saturated carbocycles. The molecular formula is C22H13N. The smallest absolute Gasteiger partial charge is 0.0477 e. The summed E-state index contributed by atoms with van der Waals surface area (Å²) >= 11 is 0. The maximum Gasteiger partial charge on any atom is 0.0477 e. The topological polar surface area (TPSA) is 15.8 Å². The van der Waals surface area contributed by atoms with Gasteiger partial charge in [0.1, 0.15) is 0 Å². The Balaban J connectivity index is 1.96. The van der Waals surface area contributed by atoms with Crippen LogP contribution in [0.3, 0.4) is 0 Å². The Morgan fingerprint density at radius 2 is 1.30 bits per heavy atom. The molecule has 1 nitrogen and oxygen atoms in total. The molecular weight excluding hydrogens is 278 g/mol. The SMILES string of the molecule is c1ccc2cc3c(cc2c1)cc1[nH]c2cccc4ccc3c1c42. The number of hydrogen-bond acceptors (Lipinski definition) is 0. The molecule has 0 amide bonds. The summed E-state index contributed by atoms with van der Waals surface area (Å²) in [5.74, 6) is 0. The largest absolute Gasteiger partial charge is 0.354 e. The van der Waals surface area contributed by atoms with E-state index in [0.717, 1.165) is 0 Å². The Labute approximate surface area is 132 Å². The minimum absolute atomic E-state index is 1.22. The summed E-state index contributed by atoms with van der Waals surface area (Å²) in [6, 6.07) is 26.5. The number of nitrogens with one attached hydrogen (secondary N) is 1. The predicted octanol–water partition coefficient (Wildman–Crippen LogP) is 6.22. The summed E-state index contributed by atoms with van der Waals surface area (Å²) in [5.41, 5.74) is 2.46. The van der Waals surface area contributed by atoms with Gasteiger partial charge in [0.15, 0.2) is 0 Å². The Bertz CT molecular complexity index is 1350. The van der Waals surface area contributed by atoms with Crippen molar-refractivity contribution >= 4 is 54.1 Å². The molecule has 5 aromatic carbocycles. The Morgan fingerprint density at radius 1 is 0.478 bits per heavy atom. The van der Waals surface area contributed by atoms with E-state index in [1.54, 1.807) is 0 Å². The molecule has 0 aliphatic rings. The summed E-state index contributed by atoms with van der Waals surface area (Å²) in [4.78, 5) is 3.60. The van der Waals surface area contributed by atoms with Crippen molar-refractivity contribution in [1.29, 1.82) is 0 Å². The lowest BCUT2D eigenvalue weighted by Gasteiger charge is -2.08. The van der Waals surface area contributed by atoms with Crippen LogP contribution < -0.4 is 0 Å². The first-order valence-electron chi connectivity index (χ1n) is 7.96. The van der Waals surface area contributed by atoms with E-state index in [1.807, 2.05) is 0 Å². The highest BCUT2D eigenvalue weighted by Crippen LogP contribution is 2.39. The lowest BCUT2D eigenvalue weighted by Crippen LogP contribution is -1.81. The predicted molar refractivity (Wildman–Crippen MR) is 99.5 cm³/mol. The standard InChI is InChI=1S/C22H13N/c1-2-5-15-11-18-16(10-14(15)4-1)12-20-22-17(18)9-8-13-6-3-7-19(23-20)21(13)22/h1-12,23H. The summed E-state index contributed by atoms with van der Waals surface area (Å²) in [6.07, 6.45) is 0. The van der Waals surface area contributed by atoms with Crippen LogP contribution in [0, 0.1) is 0 Å². The molecule has 0 bridgehead atoms. The molecule has 0 aliphatic heterocycles. The zero-order valence-electron chi connectivity index (χ0n) is 12.4. The van der Waals surface area contributed by atoms with Crippen molar-refractivity contribution < 1.29 is 0 Å². The fraction of sp³-hybridized carbons (Fsp3) is 0. The molecule has 0 saturated heterocycles. The van der Waals surface area contributed by atoms with Gasteiger partial charge in [0.25, 0.3) is 0 Å². The third-order valence-corrected chi connectivity index (χ3v) is 5.09. The molecule has 0 radical (unpaired) electrons. The zero-order chi connectivity index (χ0) is 15.0. The molecule has 1 aromatic heterocycles. The quantitative estimate of drug-likeness (QED) is 0.252. The molecule has 0 atom stereocenters. The molecule has 0 spiro atoms. The van der Waals surface area contributed by atoms with Crippen LogP contribution in [-0.4, -0.2) is 4.98 Å². The van der Waals surface area contributed by atoms with Gasteiger partial charge in [-0.15, -0.1) is 0 Å². The molecule has 1 N–H and O–H groups in total. The van der Waals surface area contributed by atoms with Crippen LogP contribution in [0.4, 0.5) is 0 Å². The number of aromatic amines is 1. The van der Waals surface area contributed by atoms with Gasteiger partial charge < -0.3 is 4.98 Å². The third-order valence-electron chi connectivity index (χ3n) is 5.09. The van der Waals surface area contributed by atoms with Gasteiger partial charge in [-0.1, -0.05) is 48.5 Å². The van der Waals surface area contributed by atoms with Gasteiger partial charge >= 0.3 is 0 Å². The highest BCUT2D eigenvalue weighted by molar-refractivity contribution is 6.29.